The molecular weight excluding hydrogens is 370 g/mol. The molecule has 0 aliphatic carbocycles. The Hall–Kier alpha value is -2.99. The van der Waals surface area contributed by atoms with E-state index in [1.165, 1.54) is 11.3 Å². The van der Waals surface area contributed by atoms with Crippen molar-refractivity contribution in [2.45, 2.75) is 26.3 Å². The number of benzene rings is 2. The fourth-order valence-corrected chi connectivity index (χ4v) is 5.01. The summed E-state index contributed by atoms with van der Waals surface area (Å²) in [5.41, 5.74) is 1.28. The van der Waals surface area contributed by atoms with Crippen LogP contribution in [0.15, 0.2) is 59.4 Å². The lowest BCUT2D eigenvalue weighted by atomic mass is 9.98. The Balaban J connectivity index is 1.87. The Bertz CT molecular complexity index is 1280. The summed E-state index contributed by atoms with van der Waals surface area (Å²) in [5, 5.41) is 0.954. The van der Waals surface area contributed by atoms with Crippen molar-refractivity contribution in [3.05, 3.63) is 65.0 Å². The largest absolute Gasteiger partial charge is 0.273 e. The Morgan fingerprint density at radius 1 is 1.07 bits per heavy atom. The number of fused-ring (bicyclic) bond motifs is 4. The minimum absolute atomic E-state index is 0.0336. The molecule has 0 saturated carbocycles. The third kappa shape index (κ3) is 2.27. The van der Waals surface area contributed by atoms with Crippen LogP contribution in [0.5, 0.6) is 0 Å². The maximum absolute atomic E-state index is 13.5. The standard InChI is InChI=1S/C22H19N3O2S/c1-3-13(2)18-20(26)24(14-9-5-4-6-10-14)22-23-17-15-11-7-8-12-16(15)28-19(17)21(27)25(18)22/h4-13,18H,3H2,1-2H3. The van der Waals surface area contributed by atoms with Crippen molar-refractivity contribution < 1.29 is 4.79 Å². The van der Waals surface area contributed by atoms with Gasteiger partial charge in [0.1, 0.15) is 10.7 Å². The van der Waals surface area contributed by atoms with Gasteiger partial charge in [-0.2, -0.15) is 0 Å². The number of carbonyl (C=O) groups is 1. The van der Waals surface area contributed by atoms with E-state index in [9.17, 15) is 9.59 Å². The van der Waals surface area contributed by atoms with Crippen molar-refractivity contribution in [3.63, 3.8) is 0 Å². The molecule has 0 radical (unpaired) electrons. The van der Waals surface area contributed by atoms with E-state index in [0.717, 1.165) is 22.2 Å². The highest BCUT2D eigenvalue weighted by Crippen LogP contribution is 2.40. The van der Waals surface area contributed by atoms with Crippen molar-refractivity contribution in [2.24, 2.45) is 5.92 Å². The van der Waals surface area contributed by atoms with Gasteiger partial charge >= 0.3 is 0 Å². The van der Waals surface area contributed by atoms with Crippen LogP contribution >= 0.6 is 11.3 Å². The molecule has 1 amide bonds. The van der Waals surface area contributed by atoms with E-state index in [4.69, 9.17) is 4.98 Å². The van der Waals surface area contributed by atoms with E-state index in [0.29, 0.717) is 16.2 Å². The second-order valence-corrected chi connectivity index (χ2v) is 8.25. The van der Waals surface area contributed by atoms with Crippen molar-refractivity contribution in [1.29, 1.82) is 0 Å². The highest BCUT2D eigenvalue weighted by molar-refractivity contribution is 7.25. The number of amides is 1. The number of thiophene rings is 1. The molecule has 5 nitrogen and oxygen atoms in total. The summed E-state index contributed by atoms with van der Waals surface area (Å²) in [6.45, 7) is 4.06. The molecule has 2 unspecified atom stereocenters. The number of anilines is 2. The average molecular weight is 389 g/mol. The van der Waals surface area contributed by atoms with Crippen LogP contribution < -0.4 is 10.5 Å². The highest BCUT2D eigenvalue weighted by atomic mass is 32.1. The van der Waals surface area contributed by atoms with E-state index in [2.05, 4.69) is 0 Å². The van der Waals surface area contributed by atoms with E-state index in [-0.39, 0.29) is 17.4 Å². The van der Waals surface area contributed by atoms with Crippen LogP contribution in [-0.2, 0) is 4.79 Å². The van der Waals surface area contributed by atoms with Crippen LogP contribution in [0.4, 0.5) is 11.6 Å². The minimum Gasteiger partial charge on any atom is -0.272 e. The van der Waals surface area contributed by atoms with E-state index in [1.54, 1.807) is 9.47 Å². The van der Waals surface area contributed by atoms with Gasteiger partial charge in [-0.3, -0.25) is 14.2 Å². The predicted molar refractivity (Wildman–Crippen MR) is 113 cm³/mol. The fraction of sp³-hybridized carbons (Fsp3) is 0.227. The third-order valence-electron chi connectivity index (χ3n) is 5.56. The average Bonchev–Trinajstić information content (AvgIpc) is 3.24. The molecule has 4 aromatic rings. The zero-order valence-corrected chi connectivity index (χ0v) is 16.4. The lowest BCUT2D eigenvalue weighted by molar-refractivity contribution is -0.121. The molecule has 0 bridgehead atoms. The van der Waals surface area contributed by atoms with Crippen molar-refractivity contribution in [2.75, 3.05) is 4.90 Å². The minimum atomic E-state index is -0.533. The first kappa shape index (κ1) is 17.1. The summed E-state index contributed by atoms with van der Waals surface area (Å²) in [5.74, 6) is 0.362. The molecule has 6 heteroatoms. The van der Waals surface area contributed by atoms with Crippen LogP contribution in [0, 0.1) is 5.92 Å². The summed E-state index contributed by atoms with van der Waals surface area (Å²) < 4.78 is 3.26. The van der Waals surface area contributed by atoms with Crippen LogP contribution in [0.3, 0.4) is 0 Å². The molecular formula is C22H19N3O2S. The molecule has 2 atom stereocenters. The van der Waals surface area contributed by atoms with Crippen LogP contribution in [-0.4, -0.2) is 15.5 Å². The van der Waals surface area contributed by atoms with E-state index >= 15 is 0 Å². The third-order valence-corrected chi connectivity index (χ3v) is 6.71. The highest BCUT2D eigenvalue weighted by Gasteiger charge is 2.43. The van der Waals surface area contributed by atoms with Crippen molar-refractivity contribution >= 4 is 49.2 Å². The number of aromatic nitrogens is 2. The lowest BCUT2D eigenvalue weighted by Gasteiger charge is -2.18. The second kappa shape index (κ2) is 6.27. The Kier molecular flexibility index (Phi) is 3.84. The number of nitrogens with zero attached hydrogens (tertiary/aromatic N) is 3. The number of para-hydroxylation sites is 1. The molecule has 0 saturated heterocycles. The van der Waals surface area contributed by atoms with Gasteiger partial charge in [0.25, 0.3) is 11.5 Å². The molecule has 2 aromatic carbocycles. The molecule has 0 spiro atoms. The molecule has 1 aliphatic heterocycles. The van der Waals surface area contributed by atoms with E-state index < -0.39 is 6.04 Å². The summed E-state index contributed by atoms with van der Waals surface area (Å²) in [7, 11) is 0. The SMILES string of the molecule is CCC(C)C1C(=O)N(c2ccccc2)c2nc3c(sc4ccccc43)c(=O)n21. The molecule has 1 aliphatic rings. The van der Waals surface area contributed by atoms with Gasteiger partial charge in [0, 0.05) is 10.1 Å². The monoisotopic (exact) mass is 389 g/mol. The van der Waals surface area contributed by atoms with Crippen molar-refractivity contribution in [3.8, 4) is 0 Å². The van der Waals surface area contributed by atoms with Gasteiger partial charge in [0.05, 0.1) is 11.2 Å². The Morgan fingerprint density at radius 2 is 1.79 bits per heavy atom. The smallest absolute Gasteiger partial charge is 0.272 e. The van der Waals surface area contributed by atoms with Gasteiger partial charge in [-0.1, -0.05) is 56.7 Å². The molecule has 3 heterocycles. The Labute approximate surface area is 165 Å². The summed E-state index contributed by atoms with van der Waals surface area (Å²) >= 11 is 1.45. The van der Waals surface area contributed by atoms with Crippen LogP contribution in [0.2, 0.25) is 0 Å². The first-order valence-electron chi connectivity index (χ1n) is 9.44. The fourth-order valence-electron chi connectivity index (χ4n) is 3.93. The second-order valence-electron chi connectivity index (χ2n) is 7.20. The number of hydrogen-bond acceptors (Lipinski definition) is 4. The normalized spacial score (nSPS) is 17.4. The lowest BCUT2D eigenvalue weighted by Crippen LogP contribution is -2.30. The zero-order valence-electron chi connectivity index (χ0n) is 15.6. The van der Waals surface area contributed by atoms with Crippen LogP contribution in [0.25, 0.3) is 20.3 Å². The zero-order chi connectivity index (χ0) is 19.4. The summed E-state index contributed by atoms with van der Waals surface area (Å²) in [6, 6.07) is 16.8. The van der Waals surface area contributed by atoms with Gasteiger partial charge in [0.15, 0.2) is 0 Å². The van der Waals surface area contributed by atoms with Gasteiger partial charge < -0.3 is 0 Å². The summed E-state index contributed by atoms with van der Waals surface area (Å²) in [6.07, 6.45) is 0.801. The first-order chi connectivity index (χ1) is 13.6. The number of carbonyl (C=O) groups excluding carboxylic acids is 1. The topological polar surface area (TPSA) is 55.2 Å². The van der Waals surface area contributed by atoms with Crippen LogP contribution in [0.1, 0.15) is 26.3 Å². The van der Waals surface area contributed by atoms with Gasteiger partial charge in [-0.05, 0) is 24.1 Å². The van der Waals surface area contributed by atoms with Gasteiger partial charge in [-0.15, -0.1) is 11.3 Å². The predicted octanol–water partition coefficient (Wildman–Crippen LogP) is 4.88. The molecule has 5 rings (SSSR count). The Morgan fingerprint density at radius 3 is 2.54 bits per heavy atom. The molecule has 2 aromatic heterocycles. The molecule has 140 valence electrons. The number of rotatable bonds is 3. The number of hydrogen-bond donors (Lipinski definition) is 0. The first-order valence-corrected chi connectivity index (χ1v) is 10.3. The molecule has 0 N–H and O–H groups in total. The van der Waals surface area contributed by atoms with Gasteiger partial charge in [-0.25, -0.2) is 9.88 Å². The maximum atomic E-state index is 13.5. The molecule has 28 heavy (non-hydrogen) atoms. The van der Waals surface area contributed by atoms with Crippen molar-refractivity contribution in [1.82, 2.24) is 9.55 Å². The maximum Gasteiger partial charge on any atom is 0.273 e. The van der Waals surface area contributed by atoms with Gasteiger partial charge in [0.2, 0.25) is 5.95 Å². The quantitative estimate of drug-likeness (QED) is 0.502. The summed E-state index contributed by atoms with van der Waals surface area (Å²) in [4.78, 5) is 33.4. The van der Waals surface area contributed by atoms with E-state index in [1.807, 2.05) is 68.4 Å². The molecule has 0 fully saturated rings.